The molecule has 1 aromatic rings. The second-order valence-electron chi connectivity index (χ2n) is 6.43. The molecule has 2 N–H and O–H groups in total. The summed E-state index contributed by atoms with van der Waals surface area (Å²) in [6.07, 6.45) is 2.53. The second kappa shape index (κ2) is 7.79. The average molecular weight is 319 g/mol. The molecule has 1 saturated carbocycles. The van der Waals surface area contributed by atoms with Crippen LogP contribution >= 0.6 is 0 Å². The van der Waals surface area contributed by atoms with Crippen molar-refractivity contribution in [3.8, 4) is 5.75 Å². The van der Waals surface area contributed by atoms with E-state index in [-0.39, 0.29) is 23.8 Å². The van der Waals surface area contributed by atoms with E-state index >= 15 is 0 Å². The number of carbonyl (C=O) groups excluding carboxylic acids is 1. The Labute approximate surface area is 137 Å². The number of rotatable bonds is 5. The molecule has 1 aliphatic heterocycles. The highest BCUT2D eigenvalue weighted by Crippen LogP contribution is 2.29. The van der Waals surface area contributed by atoms with Gasteiger partial charge in [0.25, 0.3) is 0 Å². The van der Waals surface area contributed by atoms with Gasteiger partial charge >= 0.3 is 0 Å². The summed E-state index contributed by atoms with van der Waals surface area (Å²) >= 11 is 0. The van der Waals surface area contributed by atoms with Crippen LogP contribution in [-0.4, -0.2) is 43.0 Å². The van der Waals surface area contributed by atoms with Crippen molar-refractivity contribution in [3.63, 3.8) is 0 Å². The number of carbonyl (C=O) groups is 1. The van der Waals surface area contributed by atoms with Gasteiger partial charge in [0.2, 0.25) is 5.91 Å². The van der Waals surface area contributed by atoms with E-state index in [1.54, 1.807) is 0 Å². The molecule has 0 aromatic heterocycles. The number of nitrogens with one attached hydrogen (secondary N) is 1. The molecular formula is C18H25NO4. The Morgan fingerprint density at radius 3 is 2.65 bits per heavy atom. The summed E-state index contributed by atoms with van der Waals surface area (Å²) in [4.78, 5) is 12.2. The van der Waals surface area contributed by atoms with E-state index in [4.69, 9.17) is 9.47 Å². The molecule has 0 bridgehead atoms. The number of para-hydroxylation sites is 1. The van der Waals surface area contributed by atoms with E-state index < -0.39 is 6.10 Å². The second-order valence-corrected chi connectivity index (χ2v) is 6.43. The summed E-state index contributed by atoms with van der Waals surface area (Å²) in [5.41, 5.74) is 0. The zero-order valence-corrected chi connectivity index (χ0v) is 13.3. The molecule has 1 amide bonds. The van der Waals surface area contributed by atoms with Crippen molar-refractivity contribution >= 4 is 5.91 Å². The summed E-state index contributed by atoms with van der Waals surface area (Å²) in [5, 5.41) is 13.4. The number of hydrogen-bond acceptors (Lipinski definition) is 4. The molecule has 1 saturated heterocycles. The van der Waals surface area contributed by atoms with Crippen molar-refractivity contribution in [3.05, 3.63) is 30.3 Å². The molecule has 2 fully saturated rings. The molecule has 0 unspecified atom stereocenters. The van der Waals surface area contributed by atoms with Gasteiger partial charge in [-0.05, 0) is 37.8 Å². The molecule has 3 rings (SSSR count). The van der Waals surface area contributed by atoms with Crippen LogP contribution in [0, 0.1) is 11.8 Å². The van der Waals surface area contributed by atoms with E-state index in [0.717, 1.165) is 31.4 Å². The highest BCUT2D eigenvalue weighted by atomic mass is 16.5. The molecule has 126 valence electrons. The number of ether oxygens (including phenoxy) is 2. The quantitative estimate of drug-likeness (QED) is 0.867. The van der Waals surface area contributed by atoms with Crippen LogP contribution in [0.4, 0.5) is 0 Å². The van der Waals surface area contributed by atoms with Crippen molar-refractivity contribution < 1.29 is 19.4 Å². The maximum Gasteiger partial charge on any atom is 0.223 e. The van der Waals surface area contributed by atoms with Crippen LogP contribution in [0.1, 0.15) is 25.7 Å². The molecule has 23 heavy (non-hydrogen) atoms. The minimum atomic E-state index is -0.537. The smallest absolute Gasteiger partial charge is 0.223 e. The molecule has 1 aromatic carbocycles. The van der Waals surface area contributed by atoms with Crippen LogP contribution in [0.2, 0.25) is 0 Å². The number of aliphatic hydroxyl groups is 1. The maximum absolute atomic E-state index is 12.2. The molecule has 0 spiro atoms. The van der Waals surface area contributed by atoms with Gasteiger partial charge in [0.05, 0.1) is 6.10 Å². The Bertz CT molecular complexity index is 501. The predicted molar refractivity (Wildman–Crippen MR) is 86.1 cm³/mol. The van der Waals surface area contributed by atoms with Crippen molar-refractivity contribution in [1.29, 1.82) is 0 Å². The lowest BCUT2D eigenvalue weighted by Crippen LogP contribution is -2.40. The Kier molecular flexibility index (Phi) is 5.51. The van der Waals surface area contributed by atoms with Gasteiger partial charge in [-0.1, -0.05) is 18.2 Å². The van der Waals surface area contributed by atoms with Crippen molar-refractivity contribution in [2.75, 3.05) is 19.8 Å². The molecule has 5 nitrogen and oxygen atoms in total. The summed E-state index contributed by atoms with van der Waals surface area (Å²) in [5.74, 6) is 0.988. The minimum Gasteiger partial charge on any atom is -0.488 e. The molecule has 2 aliphatic rings. The standard InChI is InChI=1S/C18H25NO4/c20-17-14(12-19-18(21)13-8-10-22-11-9-13)6-7-16(17)23-15-4-2-1-3-5-15/h1-5,13-14,16-17,20H,6-12H2,(H,19,21)/t14-,16-,17-/m1/s1. The van der Waals surface area contributed by atoms with Gasteiger partial charge in [-0.15, -0.1) is 0 Å². The van der Waals surface area contributed by atoms with Crippen LogP contribution in [0.5, 0.6) is 5.75 Å². The van der Waals surface area contributed by atoms with E-state index in [1.807, 2.05) is 30.3 Å². The number of hydrogen-bond donors (Lipinski definition) is 2. The van der Waals surface area contributed by atoms with Crippen LogP contribution in [0.3, 0.4) is 0 Å². The van der Waals surface area contributed by atoms with E-state index in [0.29, 0.717) is 19.8 Å². The monoisotopic (exact) mass is 319 g/mol. The fourth-order valence-corrected chi connectivity index (χ4v) is 3.38. The maximum atomic E-state index is 12.2. The van der Waals surface area contributed by atoms with Crippen LogP contribution in [-0.2, 0) is 9.53 Å². The third kappa shape index (κ3) is 4.24. The molecule has 1 aliphatic carbocycles. The molecule has 5 heteroatoms. The Morgan fingerprint density at radius 2 is 1.91 bits per heavy atom. The van der Waals surface area contributed by atoms with Crippen molar-refractivity contribution in [1.82, 2.24) is 5.32 Å². The fraction of sp³-hybridized carbons (Fsp3) is 0.611. The Morgan fingerprint density at radius 1 is 1.17 bits per heavy atom. The summed E-state index contributed by atoms with van der Waals surface area (Å²) in [7, 11) is 0. The normalized spacial score (nSPS) is 28.5. The van der Waals surface area contributed by atoms with E-state index in [2.05, 4.69) is 5.32 Å². The first kappa shape index (κ1) is 16.3. The molecule has 3 atom stereocenters. The first-order valence-corrected chi connectivity index (χ1v) is 8.49. The first-order valence-electron chi connectivity index (χ1n) is 8.49. The summed E-state index contributed by atoms with van der Waals surface area (Å²) < 4.78 is 11.1. The lowest BCUT2D eigenvalue weighted by atomic mass is 9.98. The highest BCUT2D eigenvalue weighted by Gasteiger charge is 2.36. The predicted octanol–water partition coefficient (Wildman–Crippen LogP) is 1.75. The van der Waals surface area contributed by atoms with Crippen molar-refractivity contribution in [2.24, 2.45) is 11.8 Å². The van der Waals surface area contributed by atoms with Gasteiger partial charge in [-0.25, -0.2) is 0 Å². The van der Waals surface area contributed by atoms with Crippen LogP contribution in [0.15, 0.2) is 30.3 Å². The summed E-state index contributed by atoms with van der Waals surface area (Å²) in [6.45, 7) is 1.85. The van der Waals surface area contributed by atoms with Gasteiger partial charge < -0.3 is 19.9 Å². The van der Waals surface area contributed by atoms with E-state index in [1.165, 1.54) is 0 Å². The summed E-state index contributed by atoms with van der Waals surface area (Å²) in [6, 6.07) is 9.57. The van der Waals surface area contributed by atoms with Crippen LogP contribution < -0.4 is 10.1 Å². The van der Waals surface area contributed by atoms with Gasteiger partial charge in [-0.2, -0.15) is 0 Å². The first-order chi connectivity index (χ1) is 11.2. The third-order valence-corrected chi connectivity index (χ3v) is 4.85. The van der Waals surface area contributed by atoms with Gasteiger partial charge in [0.1, 0.15) is 11.9 Å². The molecule has 1 heterocycles. The number of aliphatic hydroxyl groups excluding tert-OH is 1. The zero-order valence-electron chi connectivity index (χ0n) is 13.3. The van der Waals surface area contributed by atoms with E-state index in [9.17, 15) is 9.90 Å². The van der Waals surface area contributed by atoms with Crippen molar-refractivity contribution in [2.45, 2.75) is 37.9 Å². The lowest BCUT2D eigenvalue weighted by Gasteiger charge is -2.24. The fourth-order valence-electron chi connectivity index (χ4n) is 3.38. The third-order valence-electron chi connectivity index (χ3n) is 4.85. The van der Waals surface area contributed by atoms with Gasteiger partial charge in [0, 0.05) is 31.6 Å². The largest absolute Gasteiger partial charge is 0.488 e. The van der Waals surface area contributed by atoms with Gasteiger partial charge in [-0.3, -0.25) is 4.79 Å². The zero-order chi connectivity index (χ0) is 16.1. The Hall–Kier alpha value is -1.59. The number of amides is 1. The highest BCUT2D eigenvalue weighted by molar-refractivity contribution is 5.78. The SMILES string of the molecule is O=C(NC[C@H]1CC[C@@H](Oc2ccccc2)[C@@H]1O)C1CCOCC1. The minimum absolute atomic E-state index is 0.0543. The van der Waals surface area contributed by atoms with Crippen LogP contribution in [0.25, 0.3) is 0 Å². The topological polar surface area (TPSA) is 67.8 Å². The lowest BCUT2D eigenvalue weighted by molar-refractivity contribution is -0.128. The molecular weight excluding hydrogens is 294 g/mol. The Balaban J connectivity index is 1.45. The van der Waals surface area contributed by atoms with Gasteiger partial charge in [0.15, 0.2) is 0 Å². The average Bonchev–Trinajstić information content (AvgIpc) is 2.94. The number of benzene rings is 1. The molecule has 0 radical (unpaired) electrons.